The Balaban J connectivity index is 2.08. The molecule has 3 saturated heterocycles. The summed E-state index contributed by atoms with van der Waals surface area (Å²) in [5, 5.41) is 9.36. The zero-order valence-electron chi connectivity index (χ0n) is 21.3. The molecule has 0 aromatic heterocycles. The molecule has 2 bridgehead atoms. The standard InChI is InChI=1S/C26H41N3O4S/c1-8-12-27(7)22(31)19-18-16-17(3)26(34-18)20(19)23(32)28(14-10-11-15-30)21(26)24(33)29(13-9-2)25(4,5)6/h8-9,17-21,30H,1-2,10-16H2,3-7H3/t17?,18-,19+,20-,21?,26?/m0/s1. The highest BCUT2D eigenvalue weighted by molar-refractivity contribution is 8.02. The third kappa shape index (κ3) is 4.21. The van der Waals surface area contributed by atoms with Gasteiger partial charge in [0.1, 0.15) is 6.04 Å². The van der Waals surface area contributed by atoms with Gasteiger partial charge in [0.2, 0.25) is 17.7 Å². The van der Waals surface area contributed by atoms with Crippen LogP contribution in [0.3, 0.4) is 0 Å². The Morgan fingerprint density at radius 2 is 1.85 bits per heavy atom. The summed E-state index contributed by atoms with van der Waals surface area (Å²) in [6.07, 6.45) is 5.41. The maximum atomic E-state index is 14.3. The summed E-state index contributed by atoms with van der Waals surface area (Å²) in [5.74, 6) is -1.01. The van der Waals surface area contributed by atoms with Crippen LogP contribution in [0.2, 0.25) is 0 Å². The molecule has 0 aromatic rings. The second-order valence-corrected chi connectivity index (χ2v) is 12.5. The average molecular weight is 492 g/mol. The molecule has 34 heavy (non-hydrogen) atoms. The number of hydrogen-bond acceptors (Lipinski definition) is 5. The van der Waals surface area contributed by atoms with Crippen LogP contribution in [0, 0.1) is 17.8 Å². The number of carbonyl (C=O) groups excluding carboxylic acids is 3. The molecular formula is C26H41N3O4S. The van der Waals surface area contributed by atoms with Gasteiger partial charge in [0.15, 0.2) is 0 Å². The van der Waals surface area contributed by atoms with Gasteiger partial charge in [-0.15, -0.1) is 24.9 Å². The van der Waals surface area contributed by atoms with E-state index in [0.29, 0.717) is 32.5 Å². The third-order valence-corrected chi connectivity index (χ3v) is 9.81. The summed E-state index contributed by atoms with van der Waals surface area (Å²) in [7, 11) is 1.75. The number of unbranched alkanes of at least 4 members (excludes halogenated alkanes) is 1. The van der Waals surface area contributed by atoms with E-state index in [9.17, 15) is 19.5 Å². The highest BCUT2D eigenvalue weighted by Crippen LogP contribution is 2.69. The first kappa shape index (κ1) is 26.8. The van der Waals surface area contributed by atoms with E-state index in [0.717, 1.165) is 6.42 Å². The van der Waals surface area contributed by atoms with Gasteiger partial charge in [-0.05, 0) is 46.0 Å². The van der Waals surface area contributed by atoms with Crippen LogP contribution in [0.4, 0.5) is 0 Å². The molecule has 0 aliphatic carbocycles. The minimum atomic E-state index is -0.629. The first-order valence-electron chi connectivity index (χ1n) is 12.3. The number of thioether (sulfide) groups is 1. The zero-order valence-corrected chi connectivity index (χ0v) is 22.1. The number of aliphatic hydroxyl groups excluding tert-OH is 1. The summed E-state index contributed by atoms with van der Waals surface area (Å²) in [4.78, 5) is 47.0. The quantitative estimate of drug-likeness (QED) is 0.375. The molecule has 0 aromatic carbocycles. The van der Waals surface area contributed by atoms with Crippen LogP contribution in [-0.4, -0.2) is 92.4 Å². The smallest absolute Gasteiger partial charge is 0.247 e. The molecule has 3 unspecified atom stereocenters. The van der Waals surface area contributed by atoms with Crippen LogP contribution in [0.1, 0.15) is 47.0 Å². The maximum absolute atomic E-state index is 14.3. The summed E-state index contributed by atoms with van der Waals surface area (Å²) in [6.45, 7) is 17.0. The Bertz CT molecular complexity index is 840. The van der Waals surface area contributed by atoms with Gasteiger partial charge in [-0.2, -0.15) is 0 Å². The minimum absolute atomic E-state index is 0.0288. The second kappa shape index (κ2) is 10.1. The first-order valence-corrected chi connectivity index (χ1v) is 13.2. The molecule has 7 nitrogen and oxygen atoms in total. The van der Waals surface area contributed by atoms with E-state index in [1.54, 1.807) is 40.8 Å². The van der Waals surface area contributed by atoms with Gasteiger partial charge in [0, 0.05) is 44.1 Å². The lowest BCUT2D eigenvalue weighted by Gasteiger charge is -2.44. The fraction of sp³-hybridized carbons (Fsp3) is 0.731. The van der Waals surface area contributed by atoms with E-state index in [1.807, 2.05) is 25.7 Å². The van der Waals surface area contributed by atoms with Crippen LogP contribution < -0.4 is 0 Å². The van der Waals surface area contributed by atoms with Gasteiger partial charge in [0.25, 0.3) is 0 Å². The lowest BCUT2D eigenvalue weighted by molar-refractivity contribution is -0.146. The van der Waals surface area contributed by atoms with Crippen LogP contribution >= 0.6 is 11.8 Å². The highest BCUT2D eigenvalue weighted by atomic mass is 32.2. The van der Waals surface area contributed by atoms with E-state index in [2.05, 4.69) is 20.1 Å². The van der Waals surface area contributed by atoms with Gasteiger partial charge in [-0.1, -0.05) is 19.1 Å². The molecule has 1 spiro atoms. The van der Waals surface area contributed by atoms with Crippen molar-refractivity contribution in [3.05, 3.63) is 25.3 Å². The highest BCUT2D eigenvalue weighted by Gasteiger charge is 2.76. The number of nitrogens with zero attached hydrogens (tertiary/aromatic N) is 3. The number of fused-ring (bicyclic) bond motifs is 1. The van der Waals surface area contributed by atoms with Crippen molar-refractivity contribution in [2.45, 2.75) is 68.5 Å². The Kier molecular flexibility index (Phi) is 7.92. The van der Waals surface area contributed by atoms with Gasteiger partial charge in [-0.25, -0.2) is 0 Å². The van der Waals surface area contributed by atoms with Gasteiger partial charge < -0.3 is 19.8 Å². The molecule has 3 aliphatic heterocycles. The zero-order chi connectivity index (χ0) is 25.4. The van der Waals surface area contributed by atoms with Crippen molar-refractivity contribution in [1.29, 1.82) is 0 Å². The summed E-state index contributed by atoms with van der Waals surface area (Å²) in [5.41, 5.74) is -0.441. The molecule has 3 fully saturated rings. The molecule has 3 amide bonds. The van der Waals surface area contributed by atoms with Crippen molar-refractivity contribution in [2.24, 2.45) is 17.8 Å². The summed E-state index contributed by atoms with van der Waals surface area (Å²) in [6, 6.07) is -0.629. The topological polar surface area (TPSA) is 81.2 Å². The molecule has 3 rings (SSSR count). The molecule has 1 N–H and O–H groups in total. The number of likely N-dealkylation sites (N-methyl/N-ethyl adjacent to an activating group) is 1. The normalized spacial score (nSPS) is 32.0. The molecule has 6 atom stereocenters. The fourth-order valence-corrected chi connectivity index (χ4v) is 8.63. The van der Waals surface area contributed by atoms with Gasteiger partial charge in [-0.3, -0.25) is 14.4 Å². The predicted molar refractivity (Wildman–Crippen MR) is 136 cm³/mol. The van der Waals surface area contributed by atoms with Crippen molar-refractivity contribution < 1.29 is 19.5 Å². The minimum Gasteiger partial charge on any atom is -0.396 e. The number of aliphatic hydroxyl groups is 1. The van der Waals surface area contributed by atoms with E-state index in [1.165, 1.54) is 0 Å². The molecule has 0 saturated carbocycles. The van der Waals surface area contributed by atoms with Crippen LogP contribution in [0.25, 0.3) is 0 Å². The average Bonchev–Trinajstić information content (AvgIpc) is 3.34. The van der Waals surface area contributed by atoms with Crippen molar-refractivity contribution in [1.82, 2.24) is 14.7 Å². The van der Waals surface area contributed by atoms with Gasteiger partial charge in [0.05, 0.1) is 16.6 Å². The van der Waals surface area contributed by atoms with E-state index < -0.39 is 28.2 Å². The van der Waals surface area contributed by atoms with E-state index in [-0.39, 0.29) is 35.5 Å². The second-order valence-electron chi connectivity index (χ2n) is 10.9. The Hall–Kier alpha value is -1.80. The Morgan fingerprint density at radius 3 is 2.41 bits per heavy atom. The number of carbonyl (C=O) groups is 3. The van der Waals surface area contributed by atoms with E-state index in [4.69, 9.17) is 0 Å². The largest absolute Gasteiger partial charge is 0.396 e. The van der Waals surface area contributed by atoms with Crippen LogP contribution in [0.15, 0.2) is 25.3 Å². The monoisotopic (exact) mass is 491 g/mol. The predicted octanol–water partition coefficient (Wildman–Crippen LogP) is 2.55. The maximum Gasteiger partial charge on any atom is 0.247 e. The molecule has 3 heterocycles. The number of likely N-dealkylation sites (tertiary alicyclic amines) is 1. The molecule has 0 radical (unpaired) electrons. The Labute approximate surface area is 208 Å². The summed E-state index contributed by atoms with van der Waals surface area (Å²) >= 11 is 1.70. The number of amides is 3. The summed E-state index contributed by atoms with van der Waals surface area (Å²) < 4.78 is -0.627. The lowest BCUT2D eigenvalue weighted by atomic mass is 9.65. The molecular weight excluding hydrogens is 450 g/mol. The molecule has 190 valence electrons. The SMILES string of the molecule is C=CCN(C)C(=O)[C@@H]1[C@@H]2CC(C)C3(S2)C(C(=O)N(CC=C)C(C)(C)C)N(CCCCO)C(=O)[C@H]13. The van der Waals surface area contributed by atoms with Crippen molar-refractivity contribution in [2.75, 3.05) is 33.3 Å². The van der Waals surface area contributed by atoms with E-state index >= 15 is 0 Å². The third-order valence-electron chi connectivity index (χ3n) is 7.74. The van der Waals surface area contributed by atoms with Gasteiger partial charge >= 0.3 is 0 Å². The first-order chi connectivity index (χ1) is 16.0. The van der Waals surface area contributed by atoms with Crippen LogP contribution in [0.5, 0.6) is 0 Å². The lowest BCUT2D eigenvalue weighted by Crippen LogP contribution is -2.60. The number of hydrogen-bond donors (Lipinski definition) is 1. The molecule has 3 aliphatic rings. The van der Waals surface area contributed by atoms with Crippen molar-refractivity contribution in [3.63, 3.8) is 0 Å². The fourth-order valence-electron chi connectivity index (χ4n) is 6.22. The molecule has 8 heteroatoms. The van der Waals surface area contributed by atoms with Crippen LogP contribution in [-0.2, 0) is 14.4 Å². The Morgan fingerprint density at radius 1 is 1.21 bits per heavy atom. The number of rotatable bonds is 10. The van der Waals surface area contributed by atoms with Crippen molar-refractivity contribution in [3.8, 4) is 0 Å². The van der Waals surface area contributed by atoms with Crippen molar-refractivity contribution >= 4 is 29.5 Å².